The van der Waals surface area contributed by atoms with Crippen LogP contribution in [-0.4, -0.2) is 38.8 Å². The van der Waals surface area contributed by atoms with E-state index in [-0.39, 0.29) is 23.7 Å². The zero-order valence-corrected chi connectivity index (χ0v) is 10.3. The summed E-state index contributed by atoms with van der Waals surface area (Å²) in [4.78, 5) is 15.2. The molecule has 0 aliphatic heterocycles. The largest absolute Gasteiger partial charge is 0.391 e. The molecule has 0 saturated carbocycles. The smallest absolute Gasteiger partial charge is 0.288 e. The Bertz CT molecular complexity index is 382. The van der Waals surface area contributed by atoms with Crippen molar-refractivity contribution in [3.8, 4) is 0 Å². The second-order valence-corrected chi connectivity index (χ2v) is 5.17. The van der Waals surface area contributed by atoms with Gasteiger partial charge in [-0.1, -0.05) is 20.8 Å². The normalized spacial score (nSPS) is 13.4. The Morgan fingerprint density at radius 2 is 2.24 bits per heavy atom. The molecule has 1 amide bonds. The summed E-state index contributed by atoms with van der Waals surface area (Å²) < 4.78 is 0. The lowest BCUT2D eigenvalue weighted by atomic mass is 9.89. The van der Waals surface area contributed by atoms with Crippen LogP contribution in [0.5, 0.6) is 0 Å². The van der Waals surface area contributed by atoms with E-state index >= 15 is 0 Å². The van der Waals surface area contributed by atoms with Crippen LogP contribution in [0.15, 0.2) is 0 Å². The molecular formula is C10H19N5O2. The maximum absolute atomic E-state index is 11.5. The molecule has 17 heavy (non-hydrogen) atoms. The van der Waals surface area contributed by atoms with Gasteiger partial charge in [-0.25, -0.2) is 0 Å². The predicted molar refractivity (Wildman–Crippen MR) is 63.2 cm³/mol. The van der Waals surface area contributed by atoms with E-state index in [0.29, 0.717) is 6.42 Å². The fraction of sp³-hybridized carbons (Fsp3) is 0.700. The minimum Gasteiger partial charge on any atom is -0.391 e. The van der Waals surface area contributed by atoms with Crippen LogP contribution >= 0.6 is 0 Å². The number of amides is 1. The number of aromatic amines is 1. The molecule has 0 aliphatic carbocycles. The molecule has 1 heterocycles. The second kappa shape index (κ2) is 5.13. The standard InChI is InChI=1S/C10H19N5O2/c1-10(2,3)4-6(16)5-12-8(17)7-13-9(11)15-14-7/h6,16H,4-5H2,1-3H3,(H,12,17)(H3,11,13,14,15). The fourth-order valence-corrected chi connectivity index (χ4v) is 1.45. The van der Waals surface area contributed by atoms with Crippen molar-refractivity contribution < 1.29 is 9.90 Å². The number of aliphatic hydroxyl groups is 1. The summed E-state index contributed by atoms with van der Waals surface area (Å²) in [6.45, 7) is 6.25. The SMILES string of the molecule is CC(C)(C)CC(O)CNC(=O)c1nc(N)n[nH]1. The Morgan fingerprint density at radius 1 is 1.59 bits per heavy atom. The summed E-state index contributed by atoms with van der Waals surface area (Å²) in [5.74, 6) is -0.363. The Kier molecular flexibility index (Phi) is 4.06. The first kappa shape index (κ1) is 13.4. The first-order valence-electron chi connectivity index (χ1n) is 5.42. The van der Waals surface area contributed by atoms with Gasteiger partial charge in [-0.05, 0) is 11.8 Å². The van der Waals surface area contributed by atoms with Gasteiger partial charge in [-0.15, -0.1) is 5.10 Å². The third-order valence-electron chi connectivity index (χ3n) is 2.06. The number of carbonyl (C=O) groups excluding carboxylic acids is 1. The van der Waals surface area contributed by atoms with Crippen LogP contribution in [0.25, 0.3) is 0 Å². The van der Waals surface area contributed by atoms with Gasteiger partial charge in [0, 0.05) is 6.54 Å². The first-order valence-corrected chi connectivity index (χ1v) is 5.42. The summed E-state index contributed by atoms with van der Waals surface area (Å²) in [7, 11) is 0. The van der Waals surface area contributed by atoms with E-state index in [0.717, 1.165) is 0 Å². The Morgan fingerprint density at radius 3 is 2.71 bits per heavy atom. The van der Waals surface area contributed by atoms with Gasteiger partial charge in [-0.2, -0.15) is 4.98 Å². The number of hydrogen-bond acceptors (Lipinski definition) is 5. The summed E-state index contributed by atoms with van der Waals surface area (Å²) in [6.07, 6.45) is 0.0189. The molecular weight excluding hydrogens is 222 g/mol. The van der Waals surface area contributed by atoms with Crippen molar-refractivity contribution in [2.75, 3.05) is 12.3 Å². The third-order valence-corrected chi connectivity index (χ3v) is 2.06. The van der Waals surface area contributed by atoms with Gasteiger partial charge in [-0.3, -0.25) is 9.89 Å². The molecule has 1 atom stereocenters. The summed E-state index contributed by atoms with van der Waals surface area (Å²) in [6, 6.07) is 0. The highest BCUT2D eigenvalue weighted by Gasteiger charge is 2.18. The van der Waals surface area contributed by atoms with E-state index in [2.05, 4.69) is 20.5 Å². The van der Waals surface area contributed by atoms with Crippen LogP contribution in [0.4, 0.5) is 5.95 Å². The van der Waals surface area contributed by atoms with Crippen LogP contribution in [0.3, 0.4) is 0 Å². The number of nitrogen functional groups attached to an aromatic ring is 1. The highest BCUT2D eigenvalue weighted by atomic mass is 16.3. The number of nitrogens with two attached hydrogens (primary N) is 1. The molecule has 1 unspecified atom stereocenters. The average Bonchev–Trinajstić information content (AvgIpc) is 2.58. The maximum Gasteiger partial charge on any atom is 0.288 e. The molecule has 1 aromatic heterocycles. The molecule has 0 bridgehead atoms. The number of aromatic nitrogens is 3. The lowest BCUT2D eigenvalue weighted by Gasteiger charge is -2.22. The number of nitrogens with one attached hydrogen (secondary N) is 2. The Labute approximate surface area is 99.8 Å². The van der Waals surface area contributed by atoms with Gasteiger partial charge in [0.2, 0.25) is 11.8 Å². The highest BCUT2D eigenvalue weighted by Crippen LogP contribution is 2.20. The zero-order valence-electron chi connectivity index (χ0n) is 10.3. The van der Waals surface area contributed by atoms with Gasteiger partial charge in [0.25, 0.3) is 5.91 Å². The van der Waals surface area contributed by atoms with Crippen molar-refractivity contribution in [3.63, 3.8) is 0 Å². The Balaban J connectivity index is 2.38. The van der Waals surface area contributed by atoms with Gasteiger partial charge in [0.05, 0.1) is 6.10 Å². The number of rotatable bonds is 4. The van der Waals surface area contributed by atoms with Gasteiger partial charge < -0.3 is 16.2 Å². The molecule has 5 N–H and O–H groups in total. The Hall–Kier alpha value is -1.63. The molecule has 0 aliphatic rings. The van der Waals surface area contributed by atoms with Crippen molar-refractivity contribution in [3.05, 3.63) is 5.82 Å². The van der Waals surface area contributed by atoms with E-state index in [9.17, 15) is 9.90 Å². The lowest BCUT2D eigenvalue weighted by molar-refractivity contribution is 0.0860. The zero-order chi connectivity index (χ0) is 13.1. The van der Waals surface area contributed by atoms with Crippen molar-refractivity contribution in [1.82, 2.24) is 20.5 Å². The number of carbonyl (C=O) groups is 1. The maximum atomic E-state index is 11.5. The number of hydrogen-bond donors (Lipinski definition) is 4. The van der Waals surface area contributed by atoms with E-state index in [1.165, 1.54) is 0 Å². The second-order valence-electron chi connectivity index (χ2n) is 5.17. The minimum atomic E-state index is -0.584. The molecule has 0 radical (unpaired) electrons. The third kappa shape index (κ3) is 4.81. The molecule has 0 aromatic carbocycles. The molecule has 0 saturated heterocycles. The number of H-pyrrole nitrogens is 1. The van der Waals surface area contributed by atoms with Crippen molar-refractivity contribution >= 4 is 11.9 Å². The molecule has 1 rings (SSSR count). The van der Waals surface area contributed by atoms with Crippen molar-refractivity contribution in [2.24, 2.45) is 5.41 Å². The number of aliphatic hydroxyl groups excluding tert-OH is 1. The fourth-order valence-electron chi connectivity index (χ4n) is 1.45. The average molecular weight is 241 g/mol. The van der Waals surface area contributed by atoms with Gasteiger partial charge >= 0.3 is 0 Å². The quantitative estimate of drug-likeness (QED) is 0.588. The van der Waals surface area contributed by atoms with E-state index < -0.39 is 12.0 Å². The van der Waals surface area contributed by atoms with Gasteiger partial charge in [0.1, 0.15) is 0 Å². The molecule has 0 fully saturated rings. The van der Waals surface area contributed by atoms with Gasteiger partial charge in [0.15, 0.2) is 0 Å². The molecule has 7 heteroatoms. The van der Waals surface area contributed by atoms with E-state index in [1.54, 1.807) is 0 Å². The van der Waals surface area contributed by atoms with Crippen LogP contribution in [0, 0.1) is 5.41 Å². The summed E-state index contributed by atoms with van der Waals surface area (Å²) in [5, 5.41) is 18.2. The number of anilines is 1. The van der Waals surface area contributed by atoms with Crippen molar-refractivity contribution in [2.45, 2.75) is 33.3 Å². The topological polar surface area (TPSA) is 117 Å². The molecule has 0 spiro atoms. The van der Waals surface area contributed by atoms with Crippen molar-refractivity contribution in [1.29, 1.82) is 0 Å². The summed E-state index contributed by atoms with van der Waals surface area (Å²) in [5.41, 5.74) is 5.29. The van der Waals surface area contributed by atoms with E-state index in [1.807, 2.05) is 20.8 Å². The predicted octanol–water partition coefficient (Wildman–Crippen LogP) is -0.0862. The molecule has 96 valence electrons. The van der Waals surface area contributed by atoms with Crippen LogP contribution in [0.2, 0.25) is 0 Å². The minimum absolute atomic E-state index is 0.0147. The lowest BCUT2D eigenvalue weighted by Crippen LogP contribution is -2.34. The van der Waals surface area contributed by atoms with Crippen LogP contribution in [0.1, 0.15) is 37.8 Å². The highest BCUT2D eigenvalue weighted by molar-refractivity contribution is 5.90. The molecule has 1 aromatic rings. The number of nitrogens with zero attached hydrogens (tertiary/aromatic N) is 2. The monoisotopic (exact) mass is 241 g/mol. The van der Waals surface area contributed by atoms with Crippen LogP contribution < -0.4 is 11.1 Å². The first-order chi connectivity index (χ1) is 7.78. The van der Waals surface area contributed by atoms with Crippen LogP contribution in [-0.2, 0) is 0 Å². The van der Waals surface area contributed by atoms with E-state index in [4.69, 9.17) is 5.73 Å². The molecule has 7 nitrogen and oxygen atoms in total. The summed E-state index contributed by atoms with van der Waals surface area (Å²) >= 11 is 0.